The van der Waals surface area contributed by atoms with Crippen LogP contribution in [-0.2, 0) is 13.2 Å². The number of nitrogens with one attached hydrogen (secondary N) is 1. The average molecular weight is 333 g/mol. The van der Waals surface area contributed by atoms with Crippen LogP contribution in [0.3, 0.4) is 0 Å². The van der Waals surface area contributed by atoms with Crippen LogP contribution in [-0.4, -0.2) is 59.8 Å². The Morgan fingerprint density at radius 1 is 1.42 bits per heavy atom. The molecule has 0 spiro atoms. The molecule has 0 aliphatic carbocycles. The maximum atomic E-state index is 12.7. The molecule has 1 fully saturated rings. The minimum atomic E-state index is -0.0243. The molecule has 1 atom stereocenters. The first-order valence-corrected chi connectivity index (χ1v) is 8.83. The van der Waals surface area contributed by atoms with Crippen molar-refractivity contribution in [3.05, 3.63) is 29.3 Å². The van der Waals surface area contributed by atoms with Gasteiger partial charge in [-0.05, 0) is 43.6 Å². The zero-order valence-corrected chi connectivity index (χ0v) is 14.3. The minimum absolute atomic E-state index is 0.00555. The molecule has 1 unspecified atom stereocenters. The molecule has 0 radical (unpaired) electrons. The predicted octanol–water partition coefficient (Wildman–Crippen LogP) is 1.57. The fourth-order valence-corrected chi connectivity index (χ4v) is 3.45. The van der Waals surface area contributed by atoms with Crippen molar-refractivity contribution < 1.29 is 14.6 Å². The van der Waals surface area contributed by atoms with Gasteiger partial charge in [-0.1, -0.05) is 13.0 Å². The summed E-state index contributed by atoms with van der Waals surface area (Å²) in [4.78, 5) is 16.9. The van der Waals surface area contributed by atoms with Gasteiger partial charge >= 0.3 is 6.03 Å². The van der Waals surface area contributed by atoms with Gasteiger partial charge in [0.2, 0.25) is 0 Å². The highest BCUT2D eigenvalue weighted by Crippen LogP contribution is 2.24. The molecule has 6 heteroatoms. The molecular weight excluding hydrogens is 306 g/mol. The van der Waals surface area contributed by atoms with Crippen LogP contribution in [0.15, 0.2) is 18.2 Å². The van der Waals surface area contributed by atoms with E-state index in [1.807, 2.05) is 18.2 Å². The number of carbonyl (C=O) groups is 1. The van der Waals surface area contributed by atoms with E-state index in [0.717, 1.165) is 49.4 Å². The number of rotatable bonds is 3. The largest absolute Gasteiger partial charge is 0.491 e. The summed E-state index contributed by atoms with van der Waals surface area (Å²) in [5.41, 5.74) is 1.79. The second kappa shape index (κ2) is 7.85. The Balaban J connectivity index is 1.64. The van der Waals surface area contributed by atoms with Crippen LogP contribution in [0.5, 0.6) is 5.75 Å². The van der Waals surface area contributed by atoms with Gasteiger partial charge in [0.15, 0.2) is 0 Å². The van der Waals surface area contributed by atoms with E-state index in [9.17, 15) is 9.90 Å². The van der Waals surface area contributed by atoms with Crippen LogP contribution < -0.4 is 10.1 Å². The van der Waals surface area contributed by atoms with Crippen LogP contribution >= 0.6 is 0 Å². The molecule has 0 aromatic heterocycles. The quantitative estimate of drug-likeness (QED) is 0.881. The first kappa shape index (κ1) is 17.0. The fourth-order valence-electron chi connectivity index (χ4n) is 3.45. The molecule has 1 aromatic rings. The number of amides is 2. The van der Waals surface area contributed by atoms with E-state index in [1.165, 1.54) is 0 Å². The lowest BCUT2D eigenvalue weighted by Gasteiger charge is -2.33. The Hall–Kier alpha value is -1.79. The molecule has 2 aliphatic heterocycles. The van der Waals surface area contributed by atoms with Crippen molar-refractivity contribution in [1.29, 1.82) is 0 Å². The number of aliphatic hydroxyl groups excluding tert-OH is 1. The van der Waals surface area contributed by atoms with Gasteiger partial charge < -0.3 is 25.0 Å². The van der Waals surface area contributed by atoms with Crippen LogP contribution in [0.2, 0.25) is 0 Å². The number of benzene rings is 1. The summed E-state index contributed by atoms with van der Waals surface area (Å²) < 4.78 is 5.74. The summed E-state index contributed by atoms with van der Waals surface area (Å²) in [5.74, 6) is 0.803. The molecule has 2 amide bonds. The van der Waals surface area contributed by atoms with E-state index in [1.54, 1.807) is 4.90 Å². The lowest BCUT2D eigenvalue weighted by atomic mass is 10.1. The molecular formula is C18H27N3O3. The van der Waals surface area contributed by atoms with Crippen LogP contribution in [0.25, 0.3) is 0 Å². The van der Waals surface area contributed by atoms with E-state index in [-0.39, 0.29) is 18.7 Å². The molecule has 1 aromatic carbocycles. The third-order valence-electron chi connectivity index (χ3n) is 4.85. The van der Waals surface area contributed by atoms with E-state index in [0.29, 0.717) is 19.7 Å². The van der Waals surface area contributed by atoms with Crippen molar-refractivity contribution in [2.24, 2.45) is 0 Å². The van der Waals surface area contributed by atoms with E-state index in [2.05, 4.69) is 17.1 Å². The van der Waals surface area contributed by atoms with Crippen LogP contribution in [0.1, 0.15) is 30.9 Å². The molecule has 0 saturated carbocycles. The molecule has 3 rings (SSSR count). The molecule has 132 valence electrons. The second-order valence-corrected chi connectivity index (χ2v) is 6.55. The highest BCUT2D eigenvalue weighted by Gasteiger charge is 2.25. The third-order valence-corrected chi connectivity index (χ3v) is 4.85. The highest BCUT2D eigenvalue weighted by atomic mass is 16.5. The monoisotopic (exact) mass is 333 g/mol. The molecule has 0 bridgehead atoms. The molecule has 2 N–H and O–H groups in total. The molecule has 24 heavy (non-hydrogen) atoms. The summed E-state index contributed by atoms with van der Waals surface area (Å²) in [6, 6.07) is 5.85. The van der Waals surface area contributed by atoms with Gasteiger partial charge in [-0.2, -0.15) is 0 Å². The van der Waals surface area contributed by atoms with Crippen molar-refractivity contribution in [1.82, 2.24) is 15.1 Å². The van der Waals surface area contributed by atoms with Crippen LogP contribution in [0, 0.1) is 0 Å². The Morgan fingerprint density at radius 2 is 2.29 bits per heavy atom. The molecule has 6 nitrogen and oxygen atoms in total. The first-order valence-electron chi connectivity index (χ1n) is 8.83. The summed E-state index contributed by atoms with van der Waals surface area (Å²) in [5, 5.41) is 12.5. The predicted molar refractivity (Wildman–Crippen MR) is 91.9 cm³/mol. The lowest BCUT2D eigenvalue weighted by molar-refractivity contribution is 0.164. The minimum Gasteiger partial charge on any atom is -0.491 e. The molecule has 2 aliphatic rings. The maximum Gasteiger partial charge on any atom is 0.318 e. The van der Waals surface area contributed by atoms with E-state index in [4.69, 9.17) is 4.74 Å². The standard InChI is InChI=1S/C18H27N3O3/c1-2-20-7-3-4-16(12-20)19-18(23)21-8-9-24-17-6-5-14(13-22)10-15(17)11-21/h5-6,10,16,22H,2-4,7-9,11-13H2,1H3,(H,19,23). The number of aliphatic hydroxyl groups is 1. The normalized spacial score (nSPS) is 21.6. The lowest BCUT2D eigenvalue weighted by Crippen LogP contribution is -2.51. The Kier molecular flexibility index (Phi) is 5.58. The number of urea groups is 1. The second-order valence-electron chi connectivity index (χ2n) is 6.55. The number of hydrogen-bond donors (Lipinski definition) is 2. The highest BCUT2D eigenvalue weighted by molar-refractivity contribution is 5.74. The van der Waals surface area contributed by atoms with Crippen molar-refractivity contribution in [2.45, 2.75) is 39.0 Å². The Morgan fingerprint density at radius 3 is 3.08 bits per heavy atom. The molecule has 2 heterocycles. The van der Waals surface area contributed by atoms with Crippen molar-refractivity contribution in [2.75, 3.05) is 32.8 Å². The van der Waals surface area contributed by atoms with Gasteiger partial charge in [0.25, 0.3) is 0 Å². The summed E-state index contributed by atoms with van der Waals surface area (Å²) in [6.45, 7) is 6.81. The third kappa shape index (κ3) is 3.99. The SMILES string of the molecule is CCN1CCCC(NC(=O)N2CCOc3ccc(CO)cc3C2)C1. The Labute approximate surface area is 143 Å². The van der Waals surface area contributed by atoms with Crippen molar-refractivity contribution in [3.8, 4) is 5.75 Å². The number of carbonyl (C=O) groups excluding carboxylic acids is 1. The van der Waals surface area contributed by atoms with Gasteiger partial charge in [0.1, 0.15) is 12.4 Å². The zero-order chi connectivity index (χ0) is 16.9. The topological polar surface area (TPSA) is 65.0 Å². The number of piperidine rings is 1. The van der Waals surface area contributed by atoms with Gasteiger partial charge in [-0.3, -0.25) is 0 Å². The fraction of sp³-hybridized carbons (Fsp3) is 0.611. The molecule has 1 saturated heterocycles. The summed E-state index contributed by atoms with van der Waals surface area (Å²) in [7, 11) is 0. The Bertz CT molecular complexity index is 579. The number of nitrogens with zero attached hydrogens (tertiary/aromatic N) is 2. The van der Waals surface area contributed by atoms with Crippen molar-refractivity contribution in [3.63, 3.8) is 0 Å². The van der Waals surface area contributed by atoms with Crippen LogP contribution in [0.4, 0.5) is 4.79 Å². The summed E-state index contributed by atoms with van der Waals surface area (Å²) in [6.07, 6.45) is 2.17. The van der Waals surface area contributed by atoms with E-state index < -0.39 is 0 Å². The zero-order valence-electron chi connectivity index (χ0n) is 14.3. The number of likely N-dealkylation sites (tertiary alicyclic amines) is 1. The van der Waals surface area contributed by atoms with Gasteiger partial charge in [-0.25, -0.2) is 4.79 Å². The van der Waals surface area contributed by atoms with Gasteiger partial charge in [0, 0.05) is 18.2 Å². The number of ether oxygens (including phenoxy) is 1. The van der Waals surface area contributed by atoms with Gasteiger partial charge in [0.05, 0.1) is 19.7 Å². The maximum absolute atomic E-state index is 12.7. The average Bonchev–Trinajstić information content (AvgIpc) is 2.83. The van der Waals surface area contributed by atoms with Crippen molar-refractivity contribution >= 4 is 6.03 Å². The number of likely N-dealkylation sites (N-methyl/N-ethyl adjacent to an activating group) is 1. The van der Waals surface area contributed by atoms with E-state index >= 15 is 0 Å². The van der Waals surface area contributed by atoms with Gasteiger partial charge in [-0.15, -0.1) is 0 Å². The number of hydrogen-bond acceptors (Lipinski definition) is 4. The first-order chi connectivity index (χ1) is 11.7. The smallest absolute Gasteiger partial charge is 0.318 e. The summed E-state index contributed by atoms with van der Waals surface area (Å²) >= 11 is 0. The number of fused-ring (bicyclic) bond motifs is 1.